The van der Waals surface area contributed by atoms with Crippen LogP contribution in [0.25, 0.3) is 0 Å². The van der Waals surface area contributed by atoms with E-state index in [1.807, 2.05) is 12.1 Å². The normalized spacial score (nSPS) is 19.2. The van der Waals surface area contributed by atoms with Gasteiger partial charge in [0, 0.05) is 10.9 Å². The number of benzene rings is 1. The molecule has 1 aliphatic heterocycles. The molecule has 1 aliphatic rings. The van der Waals surface area contributed by atoms with Crippen LogP contribution >= 0.6 is 15.9 Å². The topological polar surface area (TPSA) is 24.7 Å². The SMILES string of the molecule is O[C@@H](Cc1ccc(Br)cc1)C[NH+]1CCCCC1. The van der Waals surface area contributed by atoms with Crippen LogP contribution in [0.1, 0.15) is 24.8 Å². The lowest BCUT2D eigenvalue weighted by Crippen LogP contribution is -3.13. The minimum absolute atomic E-state index is 0.204. The van der Waals surface area contributed by atoms with E-state index in [0.29, 0.717) is 0 Å². The van der Waals surface area contributed by atoms with Gasteiger partial charge in [0.25, 0.3) is 0 Å². The van der Waals surface area contributed by atoms with Crippen molar-refractivity contribution in [2.24, 2.45) is 0 Å². The lowest BCUT2D eigenvalue weighted by molar-refractivity contribution is -0.907. The molecule has 0 unspecified atom stereocenters. The Kier molecular flexibility index (Phi) is 5.01. The summed E-state index contributed by atoms with van der Waals surface area (Å²) >= 11 is 3.42. The fourth-order valence-corrected chi connectivity index (χ4v) is 2.82. The smallest absolute Gasteiger partial charge is 0.107 e. The molecule has 2 rings (SSSR count). The molecule has 1 heterocycles. The molecule has 1 aromatic rings. The van der Waals surface area contributed by atoms with Crippen LogP contribution in [-0.2, 0) is 6.42 Å². The quantitative estimate of drug-likeness (QED) is 0.863. The molecule has 2 nitrogen and oxygen atoms in total. The van der Waals surface area contributed by atoms with Crippen LogP contribution in [0, 0.1) is 0 Å². The summed E-state index contributed by atoms with van der Waals surface area (Å²) in [6, 6.07) is 8.24. The van der Waals surface area contributed by atoms with Crippen LogP contribution in [0.2, 0.25) is 0 Å². The van der Waals surface area contributed by atoms with Gasteiger partial charge >= 0.3 is 0 Å². The first kappa shape index (κ1) is 13.1. The van der Waals surface area contributed by atoms with Gasteiger partial charge in [-0.1, -0.05) is 28.1 Å². The molecule has 3 heteroatoms. The lowest BCUT2D eigenvalue weighted by atomic mass is 10.1. The Morgan fingerprint density at radius 2 is 1.76 bits per heavy atom. The van der Waals surface area contributed by atoms with E-state index in [1.54, 1.807) is 4.90 Å². The van der Waals surface area contributed by atoms with E-state index in [4.69, 9.17) is 0 Å². The lowest BCUT2D eigenvalue weighted by Gasteiger charge is -2.25. The van der Waals surface area contributed by atoms with Crippen LogP contribution in [0.3, 0.4) is 0 Å². The second-order valence-corrected chi connectivity index (χ2v) is 5.91. The van der Waals surface area contributed by atoms with E-state index in [2.05, 4.69) is 28.1 Å². The van der Waals surface area contributed by atoms with Gasteiger partial charge in [0.05, 0.1) is 13.1 Å². The standard InChI is InChI=1S/C14H20BrNO/c15-13-6-4-12(5-7-13)10-14(17)11-16-8-2-1-3-9-16/h4-7,14,17H,1-3,8-11H2/p+1/t14-/m0/s1. The highest BCUT2D eigenvalue weighted by molar-refractivity contribution is 9.10. The van der Waals surface area contributed by atoms with Crippen LogP contribution in [0.15, 0.2) is 28.7 Å². The molecule has 2 N–H and O–H groups in total. The van der Waals surface area contributed by atoms with Gasteiger partial charge in [-0.2, -0.15) is 0 Å². The number of likely N-dealkylation sites (tertiary alicyclic amines) is 1. The molecule has 0 amide bonds. The van der Waals surface area contributed by atoms with Gasteiger partial charge in [0.2, 0.25) is 0 Å². The predicted molar refractivity (Wildman–Crippen MR) is 73.3 cm³/mol. The highest BCUT2D eigenvalue weighted by Crippen LogP contribution is 2.11. The summed E-state index contributed by atoms with van der Waals surface area (Å²) in [5.41, 5.74) is 1.22. The highest BCUT2D eigenvalue weighted by atomic mass is 79.9. The van der Waals surface area contributed by atoms with Crippen LogP contribution in [0.5, 0.6) is 0 Å². The number of rotatable bonds is 4. The Bertz CT molecular complexity index is 333. The molecule has 1 aromatic carbocycles. The summed E-state index contributed by atoms with van der Waals surface area (Å²) in [7, 11) is 0. The molecule has 0 bridgehead atoms. The van der Waals surface area contributed by atoms with Crippen LogP contribution in [-0.4, -0.2) is 30.8 Å². The first-order valence-electron chi connectivity index (χ1n) is 6.50. The molecular weight excluding hydrogens is 278 g/mol. The highest BCUT2D eigenvalue weighted by Gasteiger charge is 2.17. The van der Waals surface area contributed by atoms with Crippen molar-refractivity contribution in [2.45, 2.75) is 31.8 Å². The summed E-state index contributed by atoms with van der Waals surface area (Å²) in [6.45, 7) is 3.37. The summed E-state index contributed by atoms with van der Waals surface area (Å²) in [5, 5.41) is 10.1. The average Bonchev–Trinajstić information content (AvgIpc) is 2.33. The second-order valence-electron chi connectivity index (χ2n) is 5.00. The van der Waals surface area contributed by atoms with Gasteiger partial charge in [-0.05, 0) is 37.0 Å². The molecule has 1 fully saturated rings. The number of hydrogen-bond acceptors (Lipinski definition) is 1. The van der Waals surface area contributed by atoms with Gasteiger partial charge in [0.15, 0.2) is 0 Å². The third kappa shape index (κ3) is 4.41. The zero-order chi connectivity index (χ0) is 12.1. The molecule has 0 spiro atoms. The molecule has 0 saturated carbocycles. The van der Waals surface area contributed by atoms with Crippen molar-refractivity contribution in [3.63, 3.8) is 0 Å². The molecule has 17 heavy (non-hydrogen) atoms. The van der Waals surface area contributed by atoms with E-state index < -0.39 is 0 Å². The number of aliphatic hydroxyl groups is 1. The first-order chi connectivity index (χ1) is 8.24. The van der Waals surface area contributed by atoms with Crippen molar-refractivity contribution in [2.75, 3.05) is 19.6 Å². The van der Waals surface area contributed by atoms with Crippen molar-refractivity contribution in [1.82, 2.24) is 0 Å². The van der Waals surface area contributed by atoms with E-state index in [9.17, 15) is 5.11 Å². The van der Waals surface area contributed by atoms with Gasteiger partial charge in [-0.15, -0.1) is 0 Å². The Morgan fingerprint density at radius 1 is 1.12 bits per heavy atom. The Hall–Kier alpha value is -0.380. The Balaban J connectivity index is 1.79. The van der Waals surface area contributed by atoms with E-state index in [0.717, 1.165) is 17.4 Å². The fraction of sp³-hybridized carbons (Fsp3) is 0.571. The maximum absolute atomic E-state index is 10.1. The van der Waals surface area contributed by atoms with Crippen LogP contribution in [0.4, 0.5) is 0 Å². The van der Waals surface area contributed by atoms with Gasteiger partial charge in [-0.3, -0.25) is 0 Å². The third-order valence-electron chi connectivity index (χ3n) is 3.47. The number of halogens is 1. The van der Waals surface area contributed by atoms with Crippen molar-refractivity contribution >= 4 is 15.9 Å². The van der Waals surface area contributed by atoms with E-state index >= 15 is 0 Å². The zero-order valence-corrected chi connectivity index (χ0v) is 11.7. The van der Waals surface area contributed by atoms with Crippen molar-refractivity contribution in [3.05, 3.63) is 34.3 Å². The molecule has 1 atom stereocenters. The van der Waals surface area contributed by atoms with Gasteiger partial charge in [0.1, 0.15) is 12.6 Å². The number of hydrogen-bond donors (Lipinski definition) is 2. The van der Waals surface area contributed by atoms with E-state index in [-0.39, 0.29) is 6.10 Å². The largest absolute Gasteiger partial charge is 0.387 e. The van der Waals surface area contributed by atoms with Crippen LogP contribution < -0.4 is 4.90 Å². The van der Waals surface area contributed by atoms with Gasteiger partial charge in [-0.25, -0.2) is 0 Å². The number of nitrogens with one attached hydrogen (secondary N) is 1. The minimum atomic E-state index is -0.204. The van der Waals surface area contributed by atoms with E-state index in [1.165, 1.54) is 37.9 Å². The van der Waals surface area contributed by atoms with Gasteiger partial charge < -0.3 is 10.0 Å². The zero-order valence-electron chi connectivity index (χ0n) is 10.2. The molecule has 0 aromatic heterocycles. The maximum Gasteiger partial charge on any atom is 0.107 e. The Morgan fingerprint density at radius 3 is 2.41 bits per heavy atom. The number of aliphatic hydroxyl groups excluding tert-OH is 1. The second kappa shape index (κ2) is 6.53. The summed E-state index contributed by atoms with van der Waals surface area (Å²) in [5.74, 6) is 0. The van der Waals surface area contributed by atoms with Crippen molar-refractivity contribution in [1.29, 1.82) is 0 Å². The Labute approximate surface area is 112 Å². The fourth-order valence-electron chi connectivity index (χ4n) is 2.55. The minimum Gasteiger partial charge on any atom is -0.387 e. The predicted octanol–water partition coefficient (Wildman–Crippen LogP) is 1.42. The molecule has 0 radical (unpaired) electrons. The number of piperidine rings is 1. The van der Waals surface area contributed by atoms with Crippen molar-refractivity contribution in [3.8, 4) is 0 Å². The third-order valence-corrected chi connectivity index (χ3v) is 4.00. The molecular formula is C14H21BrNO+. The molecule has 0 aliphatic carbocycles. The number of quaternary nitrogens is 1. The molecule has 94 valence electrons. The summed E-state index contributed by atoms with van der Waals surface area (Å²) < 4.78 is 1.09. The monoisotopic (exact) mass is 298 g/mol. The first-order valence-corrected chi connectivity index (χ1v) is 7.29. The summed E-state index contributed by atoms with van der Waals surface area (Å²) in [6.07, 6.45) is 4.58. The maximum atomic E-state index is 10.1. The molecule has 1 saturated heterocycles. The summed E-state index contributed by atoms with van der Waals surface area (Å²) in [4.78, 5) is 1.57. The van der Waals surface area contributed by atoms with Crippen molar-refractivity contribution < 1.29 is 10.0 Å². The average molecular weight is 299 g/mol.